The molecule has 0 radical (unpaired) electrons. The lowest BCUT2D eigenvalue weighted by atomic mass is 9.87. The van der Waals surface area contributed by atoms with Crippen LogP contribution in [0.5, 0.6) is 0 Å². The van der Waals surface area contributed by atoms with Gasteiger partial charge in [-0.15, -0.1) is 0 Å². The number of hydrogen-bond acceptors (Lipinski definition) is 3. The fraction of sp³-hybridized carbons (Fsp3) is 0.429. The summed E-state index contributed by atoms with van der Waals surface area (Å²) in [5.74, 6) is -0.137. The van der Waals surface area contributed by atoms with Crippen molar-refractivity contribution in [1.29, 1.82) is 0 Å². The number of carbonyl (C=O) groups is 1. The summed E-state index contributed by atoms with van der Waals surface area (Å²) in [6.45, 7) is 9.64. The van der Waals surface area contributed by atoms with Crippen LogP contribution in [-0.2, 0) is 5.41 Å². The quantitative estimate of drug-likeness (QED) is 0.817. The van der Waals surface area contributed by atoms with Crippen molar-refractivity contribution in [1.82, 2.24) is 4.98 Å². The highest BCUT2D eigenvalue weighted by Crippen LogP contribution is 2.24. The van der Waals surface area contributed by atoms with Gasteiger partial charge in [-0.1, -0.05) is 46.2 Å². The second-order valence-corrected chi connectivity index (χ2v) is 7.49. The van der Waals surface area contributed by atoms with Crippen molar-refractivity contribution in [2.75, 3.05) is 23.8 Å². The molecule has 0 aliphatic heterocycles. The van der Waals surface area contributed by atoms with Crippen LogP contribution < -0.4 is 10.2 Å². The van der Waals surface area contributed by atoms with Gasteiger partial charge >= 0.3 is 0 Å². The van der Waals surface area contributed by atoms with E-state index in [0.717, 1.165) is 30.8 Å². The molecule has 0 saturated carbocycles. The minimum atomic E-state index is -0.137. The summed E-state index contributed by atoms with van der Waals surface area (Å²) in [4.78, 5) is 18.9. The van der Waals surface area contributed by atoms with Crippen LogP contribution in [0.4, 0.5) is 11.4 Å². The number of aromatic nitrogens is 1. The van der Waals surface area contributed by atoms with E-state index < -0.39 is 0 Å². The van der Waals surface area contributed by atoms with Crippen molar-refractivity contribution in [3.63, 3.8) is 0 Å². The summed E-state index contributed by atoms with van der Waals surface area (Å²) in [7, 11) is 2.03. The van der Waals surface area contributed by atoms with Gasteiger partial charge in [-0.2, -0.15) is 0 Å². The first-order chi connectivity index (χ1) is 11.8. The fourth-order valence-corrected chi connectivity index (χ4v) is 2.54. The summed E-state index contributed by atoms with van der Waals surface area (Å²) in [5.41, 5.74) is 3.67. The van der Waals surface area contributed by atoms with Crippen LogP contribution in [0.2, 0.25) is 0 Å². The number of hydrogen-bond donors (Lipinski definition) is 1. The first kappa shape index (κ1) is 19.0. The van der Waals surface area contributed by atoms with Gasteiger partial charge in [-0.05, 0) is 35.6 Å². The Hall–Kier alpha value is -2.36. The minimum absolute atomic E-state index is 0.101. The first-order valence-corrected chi connectivity index (χ1v) is 8.89. The first-order valence-electron chi connectivity index (χ1n) is 8.89. The van der Waals surface area contributed by atoms with E-state index in [1.165, 1.54) is 5.56 Å². The van der Waals surface area contributed by atoms with Crippen LogP contribution in [-0.4, -0.2) is 24.5 Å². The number of carbonyl (C=O) groups excluding carboxylic acids is 1. The molecule has 2 rings (SSSR count). The maximum Gasteiger partial charge on any atom is 0.257 e. The van der Waals surface area contributed by atoms with Crippen molar-refractivity contribution in [3.05, 3.63) is 53.9 Å². The van der Waals surface area contributed by atoms with Gasteiger partial charge in [-0.3, -0.25) is 9.78 Å². The lowest BCUT2D eigenvalue weighted by Gasteiger charge is -2.20. The Bertz CT molecular complexity index is 702. The fourth-order valence-electron chi connectivity index (χ4n) is 2.54. The standard InChI is InChI=1S/C21H29N3O/c1-6-7-12-24(5)19-13-16(14-22-15-19)20(25)23-18-10-8-17(9-11-18)21(2,3)4/h8-11,13-15H,6-7,12H2,1-5H3,(H,23,25). The third-order valence-electron chi connectivity index (χ3n) is 4.28. The Labute approximate surface area is 151 Å². The third kappa shape index (κ3) is 5.31. The molecule has 25 heavy (non-hydrogen) atoms. The molecule has 0 fully saturated rings. The largest absolute Gasteiger partial charge is 0.373 e. The Balaban J connectivity index is 2.08. The summed E-state index contributed by atoms with van der Waals surface area (Å²) >= 11 is 0. The molecule has 2 aromatic rings. The number of nitrogens with one attached hydrogen (secondary N) is 1. The number of anilines is 2. The number of pyridine rings is 1. The Morgan fingerprint density at radius 1 is 1.16 bits per heavy atom. The van der Waals surface area contributed by atoms with Crippen molar-refractivity contribution in [2.24, 2.45) is 0 Å². The van der Waals surface area contributed by atoms with E-state index in [4.69, 9.17) is 0 Å². The molecule has 4 heteroatoms. The number of rotatable bonds is 6. The molecule has 0 spiro atoms. The van der Waals surface area contributed by atoms with Gasteiger partial charge in [0.15, 0.2) is 0 Å². The van der Waals surface area contributed by atoms with Gasteiger partial charge in [0.1, 0.15) is 0 Å². The Kier molecular flexibility index (Phi) is 6.18. The average molecular weight is 339 g/mol. The van der Waals surface area contributed by atoms with Crippen molar-refractivity contribution in [3.8, 4) is 0 Å². The van der Waals surface area contributed by atoms with E-state index in [-0.39, 0.29) is 11.3 Å². The third-order valence-corrected chi connectivity index (χ3v) is 4.28. The highest BCUT2D eigenvalue weighted by molar-refractivity contribution is 6.04. The second-order valence-electron chi connectivity index (χ2n) is 7.49. The summed E-state index contributed by atoms with van der Waals surface area (Å²) in [6.07, 6.45) is 5.66. The van der Waals surface area contributed by atoms with E-state index in [2.05, 4.69) is 55.0 Å². The molecule has 0 unspecified atom stereocenters. The summed E-state index contributed by atoms with van der Waals surface area (Å²) in [5, 5.41) is 2.95. The number of amides is 1. The Morgan fingerprint density at radius 2 is 1.84 bits per heavy atom. The van der Waals surface area contributed by atoms with Crippen LogP contribution in [0.25, 0.3) is 0 Å². The van der Waals surface area contributed by atoms with E-state index in [0.29, 0.717) is 5.56 Å². The molecular weight excluding hydrogens is 310 g/mol. The zero-order valence-corrected chi connectivity index (χ0v) is 16.0. The van der Waals surface area contributed by atoms with Crippen molar-refractivity contribution >= 4 is 17.3 Å². The van der Waals surface area contributed by atoms with Crippen molar-refractivity contribution in [2.45, 2.75) is 46.0 Å². The molecule has 1 aromatic heterocycles. The second kappa shape index (κ2) is 8.15. The Morgan fingerprint density at radius 3 is 2.44 bits per heavy atom. The molecule has 0 aliphatic rings. The smallest absolute Gasteiger partial charge is 0.257 e. The molecule has 1 amide bonds. The average Bonchev–Trinajstić information content (AvgIpc) is 2.59. The molecule has 0 atom stereocenters. The van der Waals surface area contributed by atoms with E-state index in [1.807, 2.05) is 25.2 Å². The monoisotopic (exact) mass is 339 g/mol. The molecular formula is C21H29N3O. The van der Waals surface area contributed by atoms with Gasteiger partial charge in [0.25, 0.3) is 5.91 Å². The molecule has 0 bridgehead atoms. The highest BCUT2D eigenvalue weighted by atomic mass is 16.1. The van der Waals surface area contributed by atoms with Gasteiger partial charge in [-0.25, -0.2) is 0 Å². The highest BCUT2D eigenvalue weighted by Gasteiger charge is 2.14. The van der Waals surface area contributed by atoms with Crippen LogP contribution in [0.3, 0.4) is 0 Å². The van der Waals surface area contributed by atoms with Gasteiger partial charge in [0.05, 0.1) is 17.4 Å². The van der Waals surface area contributed by atoms with Crippen LogP contribution in [0.15, 0.2) is 42.7 Å². The number of unbranched alkanes of at least 4 members (excludes halogenated alkanes) is 1. The van der Waals surface area contributed by atoms with Crippen LogP contribution >= 0.6 is 0 Å². The molecule has 4 nitrogen and oxygen atoms in total. The van der Waals surface area contributed by atoms with E-state index in [1.54, 1.807) is 12.4 Å². The van der Waals surface area contributed by atoms with Gasteiger partial charge in [0, 0.05) is 25.5 Å². The molecule has 1 heterocycles. The van der Waals surface area contributed by atoms with E-state index >= 15 is 0 Å². The predicted octanol–water partition coefficient (Wildman–Crippen LogP) is 4.87. The van der Waals surface area contributed by atoms with E-state index in [9.17, 15) is 4.79 Å². The van der Waals surface area contributed by atoms with Crippen molar-refractivity contribution < 1.29 is 4.79 Å². The van der Waals surface area contributed by atoms with Gasteiger partial charge in [0.2, 0.25) is 0 Å². The molecule has 1 aromatic carbocycles. The topological polar surface area (TPSA) is 45.2 Å². The van der Waals surface area contributed by atoms with Crippen LogP contribution in [0.1, 0.15) is 56.5 Å². The normalized spacial score (nSPS) is 11.2. The lowest BCUT2D eigenvalue weighted by Crippen LogP contribution is -2.20. The number of benzene rings is 1. The predicted molar refractivity (Wildman–Crippen MR) is 106 cm³/mol. The number of nitrogens with zero attached hydrogens (tertiary/aromatic N) is 2. The SMILES string of the molecule is CCCCN(C)c1cncc(C(=O)Nc2ccc(C(C)(C)C)cc2)c1. The van der Waals surface area contributed by atoms with Gasteiger partial charge < -0.3 is 10.2 Å². The molecule has 0 aliphatic carbocycles. The molecule has 0 saturated heterocycles. The maximum absolute atomic E-state index is 12.5. The molecule has 134 valence electrons. The maximum atomic E-state index is 12.5. The zero-order chi connectivity index (χ0) is 18.4. The zero-order valence-electron chi connectivity index (χ0n) is 16.0. The minimum Gasteiger partial charge on any atom is -0.373 e. The summed E-state index contributed by atoms with van der Waals surface area (Å²) < 4.78 is 0. The van der Waals surface area contributed by atoms with Crippen LogP contribution in [0, 0.1) is 0 Å². The lowest BCUT2D eigenvalue weighted by molar-refractivity contribution is 0.102. The molecule has 1 N–H and O–H groups in total. The summed E-state index contributed by atoms with van der Waals surface area (Å²) in [6, 6.07) is 9.90.